The maximum absolute atomic E-state index is 9.15. The monoisotopic (exact) mass is 179 g/mol. The Hall–Kier alpha value is -0.890. The van der Waals surface area contributed by atoms with E-state index in [9.17, 15) is 0 Å². The zero-order valence-corrected chi connectivity index (χ0v) is 8.54. The lowest BCUT2D eigenvalue weighted by Crippen LogP contribution is -2.02. The molecule has 0 unspecified atom stereocenters. The van der Waals surface area contributed by atoms with Crippen LogP contribution < -0.4 is 0 Å². The fraction of sp³-hybridized carbons (Fsp3) is 0.545. The second-order valence-electron chi connectivity index (χ2n) is 3.54. The molecule has 13 heavy (non-hydrogen) atoms. The molecule has 2 heteroatoms. The van der Waals surface area contributed by atoms with Gasteiger partial charge in [0.1, 0.15) is 0 Å². The van der Waals surface area contributed by atoms with Gasteiger partial charge in [-0.3, -0.25) is 4.98 Å². The Bertz CT molecular complexity index is 259. The maximum atomic E-state index is 9.15. The first-order valence-electron chi connectivity index (χ1n) is 4.77. The molecule has 2 nitrogen and oxygen atoms in total. The first-order chi connectivity index (χ1) is 6.20. The van der Waals surface area contributed by atoms with Crippen molar-refractivity contribution >= 4 is 0 Å². The minimum atomic E-state index is 0.0916. The number of hydrogen-bond acceptors (Lipinski definition) is 2. The van der Waals surface area contributed by atoms with Gasteiger partial charge >= 0.3 is 0 Å². The average molecular weight is 179 g/mol. The summed E-state index contributed by atoms with van der Waals surface area (Å²) >= 11 is 0. The molecule has 1 aromatic rings. The van der Waals surface area contributed by atoms with Gasteiger partial charge in [-0.2, -0.15) is 0 Å². The second kappa shape index (κ2) is 4.38. The smallest absolute Gasteiger partial charge is 0.0699 e. The zero-order chi connectivity index (χ0) is 9.84. The predicted octanol–water partition coefficient (Wildman–Crippen LogP) is 2.26. The molecule has 0 aliphatic rings. The summed E-state index contributed by atoms with van der Waals surface area (Å²) in [5.41, 5.74) is 3.48. The standard InChI is InChI=1S/C11H17NO/c1-4-9-5-12-6-10(7-13)11(9)8(2)3/h5-6,8,13H,4,7H2,1-3H3. The minimum absolute atomic E-state index is 0.0916. The van der Waals surface area contributed by atoms with Crippen LogP contribution in [0.1, 0.15) is 43.4 Å². The van der Waals surface area contributed by atoms with Crippen LogP contribution in [-0.2, 0) is 13.0 Å². The van der Waals surface area contributed by atoms with Crippen molar-refractivity contribution in [2.45, 2.75) is 39.7 Å². The van der Waals surface area contributed by atoms with Crippen LogP contribution in [0.15, 0.2) is 12.4 Å². The van der Waals surface area contributed by atoms with Crippen molar-refractivity contribution in [3.63, 3.8) is 0 Å². The Morgan fingerprint density at radius 1 is 1.31 bits per heavy atom. The molecule has 0 aliphatic carbocycles. The van der Waals surface area contributed by atoms with E-state index in [1.807, 2.05) is 6.20 Å². The summed E-state index contributed by atoms with van der Waals surface area (Å²) in [6, 6.07) is 0. The van der Waals surface area contributed by atoms with Crippen LogP contribution in [0.25, 0.3) is 0 Å². The van der Waals surface area contributed by atoms with Crippen molar-refractivity contribution in [2.75, 3.05) is 0 Å². The van der Waals surface area contributed by atoms with Crippen LogP contribution in [0.2, 0.25) is 0 Å². The number of aryl methyl sites for hydroxylation is 1. The van der Waals surface area contributed by atoms with Gasteiger partial charge in [0, 0.05) is 12.4 Å². The molecular weight excluding hydrogens is 162 g/mol. The van der Waals surface area contributed by atoms with Crippen molar-refractivity contribution in [3.05, 3.63) is 29.1 Å². The molecule has 0 atom stereocenters. The summed E-state index contributed by atoms with van der Waals surface area (Å²) in [5, 5.41) is 9.15. The van der Waals surface area contributed by atoms with Gasteiger partial charge in [-0.1, -0.05) is 20.8 Å². The van der Waals surface area contributed by atoms with Gasteiger partial charge in [0.15, 0.2) is 0 Å². The highest BCUT2D eigenvalue weighted by Gasteiger charge is 2.10. The molecular formula is C11H17NO. The molecule has 1 aromatic heterocycles. The van der Waals surface area contributed by atoms with E-state index < -0.39 is 0 Å². The van der Waals surface area contributed by atoms with Crippen molar-refractivity contribution in [1.29, 1.82) is 0 Å². The van der Waals surface area contributed by atoms with Gasteiger partial charge in [0.2, 0.25) is 0 Å². The summed E-state index contributed by atoms with van der Waals surface area (Å²) in [5.74, 6) is 0.458. The van der Waals surface area contributed by atoms with Crippen LogP contribution in [0.4, 0.5) is 0 Å². The molecule has 72 valence electrons. The third-order valence-electron chi connectivity index (χ3n) is 2.28. The van der Waals surface area contributed by atoms with Crippen LogP contribution in [0, 0.1) is 0 Å². The first kappa shape index (κ1) is 10.2. The lowest BCUT2D eigenvalue weighted by Gasteiger charge is -2.14. The van der Waals surface area contributed by atoms with Crippen molar-refractivity contribution in [3.8, 4) is 0 Å². The molecule has 0 fully saturated rings. The summed E-state index contributed by atoms with van der Waals surface area (Å²) in [4.78, 5) is 4.11. The Balaban J connectivity index is 3.21. The molecule has 1 N–H and O–H groups in total. The summed E-state index contributed by atoms with van der Waals surface area (Å²) < 4.78 is 0. The number of aliphatic hydroxyl groups excluding tert-OH is 1. The Morgan fingerprint density at radius 2 is 1.92 bits per heavy atom. The second-order valence-corrected chi connectivity index (χ2v) is 3.54. The van der Waals surface area contributed by atoms with E-state index in [1.54, 1.807) is 6.20 Å². The summed E-state index contributed by atoms with van der Waals surface area (Å²) in [7, 11) is 0. The largest absolute Gasteiger partial charge is 0.392 e. The van der Waals surface area contributed by atoms with E-state index >= 15 is 0 Å². The molecule has 0 amide bonds. The van der Waals surface area contributed by atoms with Crippen molar-refractivity contribution in [2.24, 2.45) is 0 Å². The predicted molar refractivity (Wildman–Crippen MR) is 53.6 cm³/mol. The summed E-state index contributed by atoms with van der Waals surface area (Å²) in [6.45, 7) is 6.50. The lowest BCUT2D eigenvalue weighted by molar-refractivity contribution is 0.279. The lowest BCUT2D eigenvalue weighted by atomic mass is 9.93. The van der Waals surface area contributed by atoms with Gasteiger partial charge in [-0.25, -0.2) is 0 Å². The Kier molecular flexibility index (Phi) is 3.43. The number of nitrogens with zero attached hydrogens (tertiary/aromatic N) is 1. The third-order valence-corrected chi connectivity index (χ3v) is 2.28. The molecule has 0 saturated carbocycles. The van der Waals surface area contributed by atoms with Crippen LogP contribution in [0.5, 0.6) is 0 Å². The van der Waals surface area contributed by atoms with E-state index in [1.165, 1.54) is 11.1 Å². The quantitative estimate of drug-likeness (QED) is 0.772. The molecule has 0 radical (unpaired) electrons. The molecule has 0 aliphatic heterocycles. The van der Waals surface area contributed by atoms with Gasteiger partial charge < -0.3 is 5.11 Å². The number of rotatable bonds is 3. The van der Waals surface area contributed by atoms with E-state index in [0.717, 1.165) is 12.0 Å². The van der Waals surface area contributed by atoms with E-state index in [4.69, 9.17) is 5.11 Å². The topological polar surface area (TPSA) is 33.1 Å². The highest BCUT2D eigenvalue weighted by atomic mass is 16.3. The Labute approximate surface area is 79.6 Å². The normalized spacial score (nSPS) is 10.8. The highest BCUT2D eigenvalue weighted by Crippen LogP contribution is 2.23. The van der Waals surface area contributed by atoms with Crippen LogP contribution in [-0.4, -0.2) is 10.1 Å². The number of aliphatic hydroxyl groups is 1. The van der Waals surface area contributed by atoms with Crippen LogP contribution in [0.3, 0.4) is 0 Å². The third kappa shape index (κ3) is 2.07. The van der Waals surface area contributed by atoms with Crippen molar-refractivity contribution in [1.82, 2.24) is 4.98 Å². The molecule has 1 heterocycles. The van der Waals surface area contributed by atoms with E-state index in [2.05, 4.69) is 25.8 Å². The average Bonchev–Trinajstić information content (AvgIpc) is 2.16. The number of aromatic nitrogens is 1. The maximum Gasteiger partial charge on any atom is 0.0699 e. The molecule has 1 rings (SSSR count). The zero-order valence-electron chi connectivity index (χ0n) is 8.54. The fourth-order valence-electron chi connectivity index (χ4n) is 1.71. The van der Waals surface area contributed by atoms with Gasteiger partial charge in [0.25, 0.3) is 0 Å². The van der Waals surface area contributed by atoms with Gasteiger partial charge in [-0.05, 0) is 29.0 Å². The fourth-order valence-corrected chi connectivity index (χ4v) is 1.71. The SMILES string of the molecule is CCc1cncc(CO)c1C(C)C. The molecule has 0 saturated heterocycles. The van der Waals surface area contributed by atoms with Crippen molar-refractivity contribution < 1.29 is 5.11 Å². The number of pyridine rings is 1. The molecule has 0 bridgehead atoms. The summed E-state index contributed by atoms with van der Waals surface area (Å²) in [6.07, 6.45) is 4.64. The van der Waals surface area contributed by atoms with E-state index in [-0.39, 0.29) is 6.61 Å². The Morgan fingerprint density at radius 3 is 2.38 bits per heavy atom. The number of hydrogen-bond donors (Lipinski definition) is 1. The van der Waals surface area contributed by atoms with Crippen LogP contribution >= 0.6 is 0 Å². The van der Waals surface area contributed by atoms with E-state index in [0.29, 0.717) is 5.92 Å². The molecule has 0 aromatic carbocycles. The van der Waals surface area contributed by atoms with Gasteiger partial charge in [0.05, 0.1) is 6.61 Å². The molecule has 0 spiro atoms. The van der Waals surface area contributed by atoms with Gasteiger partial charge in [-0.15, -0.1) is 0 Å². The first-order valence-corrected chi connectivity index (χ1v) is 4.77. The highest BCUT2D eigenvalue weighted by molar-refractivity contribution is 5.34. The minimum Gasteiger partial charge on any atom is -0.392 e.